The van der Waals surface area contributed by atoms with Crippen molar-refractivity contribution in [3.8, 4) is 11.1 Å². The van der Waals surface area contributed by atoms with Crippen molar-refractivity contribution < 1.29 is 14.3 Å². The van der Waals surface area contributed by atoms with Gasteiger partial charge < -0.3 is 14.5 Å². The van der Waals surface area contributed by atoms with Gasteiger partial charge >= 0.3 is 0 Å². The number of hydrogen-bond donors (Lipinski definition) is 1. The van der Waals surface area contributed by atoms with Crippen LogP contribution in [0.2, 0.25) is 5.02 Å². The van der Waals surface area contributed by atoms with Crippen LogP contribution in [0.15, 0.2) is 54.7 Å². The fourth-order valence-electron chi connectivity index (χ4n) is 2.91. The molecule has 0 bridgehead atoms. The second kappa shape index (κ2) is 8.84. The predicted molar refractivity (Wildman–Crippen MR) is 106 cm³/mol. The topological polar surface area (TPSA) is 59.8 Å². The van der Waals surface area contributed by atoms with Crippen LogP contribution >= 0.6 is 11.6 Å². The zero-order chi connectivity index (χ0) is 19.2. The Labute approximate surface area is 162 Å². The molecule has 0 atom stereocenters. The number of fused-ring (bicyclic) bond motifs is 1. The van der Waals surface area contributed by atoms with E-state index in [4.69, 9.17) is 16.3 Å². The van der Waals surface area contributed by atoms with Crippen molar-refractivity contribution in [2.24, 2.45) is 0 Å². The summed E-state index contributed by atoms with van der Waals surface area (Å²) in [7, 11) is 0. The molecule has 0 fully saturated rings. The number of ketones is 1. The monoisotopic (exact) mass is 384 g/mol. The zero-order valence-corrected chi connectivity index (χ0v) is 15.8. The fourth-order valence-corrected chi connectivity index (χ4v) is 3.04. The highest BCUT2D eigenvalue weighted by atomic mass is 35.5. The van der Waals surface area contributed by atoms with Crippen molar-refractivity contribution in [3.63, 3.8) is 0 Å². The minimum atomic E-state index is -0.620. The molecule has 2 aromatic heterocycles. The Morgan fingerprint density at radius 3 is 2.67 bits per heavy atom. The molecular weight excluding hydrogens is 364 g/mol. The minimum Gasteiger partial charge on any atom is -0.382 e. The van der Waals surface area contributed by atoms with E-state index in [9.17, 15) is 9.59 Å². The third-order valence-electron chi connectivity index (χ3n) is 4.21. The highest BCUT2D eigenvalue weighted by Crippen LogP contribution is 2.29. The Kier molecular flexibility index (Phi) is 6.27. The number of carbonyl (C=O) groups excluding carboxylic acids is 2. The lowest BCUT2D eigenvalue weighted by Crippen LogP contribution is -2.33. The summed E-state index contributed by atoms with van der Waals surface area (Å²) in [5, 5.41) is 3.29. The molecule has 3 aromatic rings. The molecule has 0 saturated heterocycles. The summed E-state index contributed by atoms with van der Waals surface area (Å²) in [6.07, 6.45) is 2.44. The number of ether oxygens (including phenoxy) is 1. The number of aromatic nitrogens is 1. The highest BCUT2D eigenvalue weighted by molar-refractivity contribution is 6.43. The predicted octanol–water partition coefficient (Wildman–Crippen LogP) is 3.99. The lowest BCUT2D eigenvalue weighted by molar-refractivity contribution is -0.117. The molecule has 0 radical (unpaired) electrons. The summed E-state index contributed by atoms with van der Waals surface area (Å²) in [6, 6.07) is 14.7. The minimum absolute atomic E-state index is 0.343. The SMILES string of the molecule is CCOCCCNC(=O)C(=O)c1c(-c2ccc(Cl)cc2)cc2ccccn12. The van der Waals surface area contributed by atoms with Crippen LogP contribution in [0.4, 0.5) is 0 Å². The first-order valence-electron chi connectivity index (χ1n) is 8.88. The maximum Gasteiger partial charge on any atom is 0.294 e. The summed E-state index contributed by atoms with van der Waals surface area (Å²) >= 11 is 5.98. The molecular formula is C21H21ClN2O3. The number of hydrogen-bond acceptors (Lipinski definition) is 3. The van der Waals surface area contributed by atoms with Crippen LogP contribution in [0, 0.1) is 0 Å². The van der Waals surface area contributed by atoms with Crippen molar-refractivity contribution in [2.75, 3.05) is 19.8 Å². The van der Waals surface area contributed by atoms with Gasteiger partial charge in [-0.15, -0.1) is 0 Å². The van der Waals surface area contributed by atoms with Crippen molar-refractivity contribution in [2.45, 2.75) is 13.3 Å². The summed E-state index contributed by atoms with van der Waals surface area (Å²) in [4.78, 5) is 25.3. The van der Waals surface area contributed by atoms with Crippen molar-refractivity contribution in [1.82, 2.24) is 9.72 Å². The van der Waals surface area contributed by atoms with Gasteiger partial charge in [-0.25, -0.2) is 0 Å². The number of nitrogens with one attached hydrogen (secondary N) is 1. The molecule has 27 heavy (non-hydrogen) atoms. The van der Waals surface area contributed by atoms with Crippen molar-refractivity contribution in [1.29, 1.82) is 0 Å². The van der Waals surface area contributed by atoms with E-state index in [-0.39, 0.29) is 0 Å². The van der Waals surface area contributed by atoms with Gasteiger partial charge in [-0.2, -0.15) is 0 Å². The number of nitrogens with zero attached hydrogens (tertiary/aromatic N) is 1. The van der Waals surface area contributed by atoms with Crippen LogP contribution in [0.5, 0.6) is 0 Å². The van der Waals surface area contributed by atoms with Crippen molar-refractivity contribution in [3.05, 3.63) is 65.4 Å². The fraction of sp³-hybridized carbons (Fsp3) is 0.238. The Hall–Kier alpha value is -2.63. The van der Waals surface area contributed by atoms with Gasteiger partial charge in [0.15, 0.2) is 0 Å². The Morgan fingerprint density at radius 1 is 1.15 bits per heavy atom. The van der Waals surface area contributed by atoms with Gasteiger partial charge in [0.25, 0.3) is 11.7 Å². The first-order chi connectivity index (χ1) is 13.1. The maximum atomic E-state index is 12.9. The Balaban J connectivity index is 1.90. The number of Topliss-reactive ketones (excluding diaryl/α,β-unsaturated/α-hetero) is 1. The van der Waals surface area contributed by atoms with Gasteiger partial charge in [0.2, 0.25) is 0 Å². The third kappa shape index (κ3) is 4.38. The van der Waals surface area contributed by atoms with Crippen LogP contribution in [0.3, 0.4) is 0 Å². The molecule has 1 aromatic carbocycles. The van der Waals surface area contributed by atoms with Gasteiger partial charge in [0.05, 0.1) is 0 Å². The van der Waals surface area contributed by atoms with E-state index >= 15 is 0 Å². The zero-order valence-electron chi connectivity index (χ0n) is 15.1. The van der Waals surface area contributed by atoms with E-state index in [1.165, 1.54) is 0 Å². The molecule has 2 heterocycles. The molecule has 140 valence electrons. The molecule has 3 rings (SSSR count). The van der Waals surface area contributed by atoms with Crippen LogP contribution < -0.4 is 5.32 Å². The number of benzene rings is 1. The van der Waals surface area contributed by atoms with E-state index in [0.717, 1.165) is 11.1 Å². The average Bonchev–Trinajstić information content (AvgIpc) is 3.07. The van der Waals surface area contributed by atoms with E-state index in [1.807, 2.05) is 43.3 Å². The first kappa shape index (κ1) is 19.1. The molecule has 0 saturated carbocycles. The standard InChI is InChI=1S/C21H21ClN2O3/c1-2-27-13-5-11-23-21(26)20(25)19-18(15-7-9-16(22)10-8-15)14-17-6-3-4-12-24(17)19/h3-4,6-10,12,14H,2,5,11,13H2,1H3,(H,23,26). The largest absolute Gasteiger partial charge is 0.382 e. The molecule has 1 N–H and O–H groups in total. The first-order valence-corrected chi connectivity index (χ1v) is 9.26. The summed E-state index contributed by atoms with van der Waals surface area (Å²) in [6.45, 7) is 3.49. The summed E-state index contributed by atoms with van der Waals surface area (Å²) in [5.74, 6) is -1.19. The summed E-state index contributed by atoms with van der Waals surface area (Å²) < 4.78 is 6.98. The van der Waals surface area contributed by atoms with Crippen LogP contribution in [0.1, 0.15) is 23.8 Å². The number of amides is 1. The van der Waals surface area contributed by atoms with Gasteiger partial charge in [0.1, 0.15) is 5.69 Å². The highest BCUT2D eigenvalue weighted by Gasteiger charge is 2.24. The average molecular weight is 385 g/mol. The molecule has 0 aliphatic carbocycles. The van der Waals surface area contributed by atoms with E-state index < -0.39 is 11.7 Å². The second-order valence-corrected chi connectivity index (χ2v) is 6.48. The normalized spacial score (nSPS) is 10.9. The van der Waals surface area contributed by atoms with Gasteiger partial charge in [0, 0.05) is 42.1 Å². The van der Waals surface area contributed by atoms with Gasteiger partial charge in [-0.05, 0) is 49.2 Å². The van der Waals surface area contributed by atoms with Crippen molar-refractivity contribution >= 4 is 28.8 Å². The molecule has 0 aliphatic rings. The quantitative estimate of drug-likeness (QED) is 0.363. The molecule has 6 heteroatoms. The lowest BCUT2D eigenvalue weighted by Gasteiger charge is -2.08. The second-order valence-electron chi connectivity index (χ2n) is 6.04. The lowest BCUT2D eigenvalue weighted by atomic mass is 10.0. The number of rotatable bonds is 8. The van der Waals surface area contributed by atoms with E-state index in [2.05, 4.69) is 5.32 Å². The molecule has 1 amide bonds. The van der Waals surface area contributed by atoms with Crippen LogP contribution in [-0.2, 0) is 9.53 Å². The Morgan fingerprint density at radius 2 is 1.93 bits per heavy atom. The van der Waals surface area contributed by atoms with Gasteiger partial charge in [-0.3, -0.25) is 9.59 Å². The van der Waals surface area contributed by atoms with Gasteiger partial charge in [-0.1, -0.05) is 29.8 Å². The van der Waals surface area contributed by atoms with Crippen LogP contribution in [-0.4, -0.2) is 35.8 Å². The number of pyridine rings is 1. The van der Waals surface area contributed by atoms with E-state index in [0.29, 0.717) is 42.5 Å². The smallest absolute Gasteiger partial charge is 0.294 e. The molecule has 5 nitrogen and oxygen atoms in total. The van der Waals surface area contributed by atoms with E-state index in [1.54, 1.807) is 22.7 Å². The molecule has 0 aliphatic heterocycles. The number of halogens is 1. The maximum absolute atomic E-state index is 12.9. The number of carbonyl (C=O) groups is 2. The molecule has 0 unspecified atom stereocenters. The Bertz CT molecular complexity index is 948. The summed E-state index contributed by atoms with van der Waals surface area (Å²) in [5.41, 5.74) is 2.72. The third-order valence-corrected chi connectivity index (χ3v) is 4.46. The molecule has 0 spiro atoms. The van der Waals surface area contributed by atoms with Crippen LogP contribution in [0.25, 0.3) is 16.6 Å².